The van der Waals surface area contributed by atoms with Crippen molar-refractivity contribution in [1.82, 2.24) is 19.7 Å². The van der Waals surface area contributed by atoms with Gasteiger partial charge in [-0.2, -0.15) is 5.10 Å². The lowest BCUT2D eigenvalue weighted by Crippen LogP contribution is -2.50. The summed E-state index contributed by atoms with van der Waals surface area (Å²) >= 11 is 0. The minimum atomic E-state index is -1.72. The third kappa shape index (κ3) is 3.29. The molecule has 2 aromatic carbocycles. The fourth-order valence-electron chi connectivity index (χ4n) is 3.81. The van der Waals surface area contributed by atoms with E-state index in [0.29, 0.717) is 13.1 Å². The highest BCUT2D eigenvalue weighted by Crippen LogP contribution is 2.36. The molecule has 0 spiro atoms. The maximum Gasteiger partial charge on any atom is 0.137 e. The standard InChI is InChI=1S/C20H19F3N4O/c1-13(26-8-14-2-3-16(21)6-15(14)9-26)20(28,10-27-12-24-11-25-27)18-5-4-17(22)7-19(18)23/h2-7,11-13,28H,8-10H2,1H3/t13-,20-/m0/s1. The van der Waals surface area contributed by atoms with Crippen LogP contribution in [-0.2, 0) is 25.2 Å². The van der Waals surface area contributed by atoms with Gasteiger partial charge in [-0.1, -0.05) is 12.1 Å². The molecular weight excluding hydrogens is 369 g/mol. The molecule has 0 radical (unpaired) electrons. The third-order valence-corrected chi connectivity index (χ3v) is 5.42. The first-order valence-corrected chi connectivity index (χ1v) is 8.88. The van der Waals surface area contributed by atoms with Crippen LogP contribution in [0.3, 0.4) is 0 Å². The lowest BCUT2D eigenvalue weighted by Gasteiger charge is -2.39. The van der Waals surface area contributed by atoms with Crippen molar-refractivity contribution in [3.8, 4) is 0 Å². The molecule has 0 bridgehead atoms. The van der Waals surface area contributed by atoms with Crippen LogP contribution in [0.15, 0.2) is 49.1 Å². The number of aliphatic hydroxyl groups is 1. The lowest BCUT2D eigenvalue weighted by molar-refractivity contribution is -0.0657. The number of aromatic nitrogens is 3. The number of rotatable bonds is 5. The van der Waals surface area contributed by atoms with Crippen LogP contribution >= 0.6 is 0 Å². The zero-order chi connectivity index (χ0) is 19.9. The van der Waals surface area contributed by atoms with Gasteiger partial charge in [0.25, 0.3) is 0 Å². The zero-order valence-corrected chi connectivity index (χ0v) is 15.2. The van der Waals surface area contributed by atoms with Gasteiger partial charge in [0.05, 0.1) is 6.54 Å². The molecule has 28 heavy (non-hydrogen) atoms. The van der Waals surface area contributed by atoms with Gasteiger partial charge in [-0.3, -0.25) is 4.90 Å². The maximum atomic E-state index is 14.6. The molecule has 8 heteroatoms. The van der Waals surface area contributed by atoms with E-state index in [1.54, 1.807) is 13.0 Å². The molecular formula is C20H19F3N4O. The van der Waals surface area contributed by atoms with E-state index < -0.39 is 23.3 Å². The van der Waals surface area contributed by atoms with Crippen LogP contribution < -0.4 is 0 Å². The fraction of sp³-hybridized carbons (Fsp3) is 0.300. The lowest BCUT2D eigenvalue weighted by atomic mass is 9.85. The molecule has 0 saturated carbocycles. The van der Waals surface area contributed by atoms with Crippen molar-refractivity contribution < 1.29 is 18.3 Å². The molecule has 2 atom stereocenters. The number of halogens is 3. The van der Waals surface area contributed by atoms with Gasteiger partial charge in [-0.05, 0) is 36.2 Å². The van der Waals surface area contributed by atoms with Crippen LogP contribution in [-0.4, -0.2) is 30.8 Å². The largest absolute Gasteiger partial charge is 0.381 e. The zero-order valence-electron chi connectivity index (χ0n) is 15.2. The molecule has 0 unspecified atom stereocenters. The molecule has 1 aromatic heterocycles. The SMILES string of the molecule is C[C@H](N1Cc2ccc(F)cc2C1)[C@@](O)(Cn1cncn1)c1ccc(F)cc1F. The van der Waals surface area contributed by atoms with Crippen molar-refractivity contribution in [2.24, 2.45) is 0 Å². The van der Waals surface area contributed by atoms with Gasteiger partial charge in [0.1, 0.15) is 35.7 Å². The van der Waals surface area contributed by atoms with Crippen LogP contribution in [0.2, 0.25) is 0 Å². The highest BCUT2D eigenvalue weighted by Gasteiger charge is 2.43. The average Bonchev–Trinajstić information content (AvgIpc) is 3.29. The summed E-state index contributed by atoms with van der Waals surface area (Å²) in [6.07, 6.45) is 2.74. The molecule has 1 N–H and O–H groups in total. The van der Waals surface area contributed by atoms with E-state index in [-0.39, 0.29) is 17.9 Å². The summed E-state index contributed by atoms with van der Waals surface area (Å²) in [4.78, 5) is 5.80. The first-order chi connectivity index (χ1) is 13.4. The number of nitrogens with zero attached hydrogens (tertiary/aromatic N) is 4. The number of benzene rings is 2. The van der Waals surface area contributed by atoms with Crippen LogP contribution in [0.25, 0.3) is 0 Å². The third-order valence-electron chi connectivity index (χ3n) is 5.42. The molecule has 0 aliphatic carbocycles. The van der Waals surface area contributed by atoms with Gasteiger partial charge in [0.15, 0.2) is 0 Å². The molecule has 0 saturated heterocycles. The van der Waals surface area contributed by atoms with Crippen molar-refractivity contribution in [3.05, 3.63) is 83.2 Å². The van der Waals surface area contributed by atoms with Gasteiger partial charge in [-0.15, -0.1) is 0 Å². The van der Waals surface area contributed by atoms with Crippen molar-refractivity contribution in [2.45, 2.75) is 38.2 Å². The molecule has 4 rings (SSSR count). The van der Waals surface area contributed by atoms with Gasteiger partial charge in [0, 0.05) is 30.8 Å². The van der Waals surface area contributed by atoms with Crippen molar-refractivity contribution in [1.29, 1.82) is 0 Å². The molecule has 0 amide bonds. The van der Waals surface area contributed by atoms with Crippen molar-refractivity contribution >= 4 is 0 Å². The second-order valence-electron chi connectivity index (χ2n) is 7.14. The first kappa shape index (κ1) is 18.6. The monoisotopic (exact) mass is 388 g/mol. The van der Waals surface area contributed by atoms with Crippen molar-refractivity contribution in [2.75, 3.05) is 0 Å². The Balaban J connectivity index is 1.71. The van der Waals surface area contributed by atoms with E-state index in [1.807, 2.05) is 4.90 Å². The predicted molar refractivity (Wildman–Crippen MR) is 95.4 cm³/mol. The van der Waals surface area contributed by atoms with Gasteiger partial charge in [0.2, 0.25) is 0 Å². The topological polar surface area (TPSA) is 54.2 Å². The smallest absolute Gasteiger partial charge is 0.137 e. The van der Waals surface area contributed by atoms with Crippen molar-refractivity contribution in [3.63, 3.8) is 0 Å². The van der Waals surface area contributed by atoms with E-state index >= 15 is 0 Å². The molecule has 1 aliphatic heterocycles. The summed E-state index contributed by atoms with van der Waals surface area (Å²) in [6, 6.07) is 7.12. The molecule has 146 valence electrons. The second kappa shape index (κ2) is 7.03. The van der Waals surface area contributed by atoms with Crippen LogP contribution in [0.5, 0.6) is 0 Å². The van der Waals surface area contributed by atoms with E-state index in [1.165, 1.54) is 35.5 Å². The highest BCUT2D eigenvalue weighted by molar-refractivity contribution is 5.33. The molecule has 5 nitrogen and oxygen atoms in total. The fourth-order valence-corrected chi connectivity index (χ4v) is 3.81. The molecule has 2 heterocycles. The summed E-state index contributed by atoms with van der Waals surface area (Å²) in [7, 11) is 0. The minimum Gasteiger partial charge on any atom is -0.381 e. The van der Waals surface area contributed by atoms with Gasteiger partial charge < -0.3 is 5.11 Å². The Labute approximate surface area is 160 Å². The minimum absolute atomic E-state index is 0.0287. The summed E-state index contributed by atoms with van der Waals surface area (Å²) in [6.45, 7) is 2.59. The second-order valence-corrected chi connectivity index (χ2v) is 7.14. The summed E-state index contributed by atoms with van der Waals surface area (Å²) in [5, 5.41) is 15.6. The van der Waals surface area contributed by atoms with Crippen LogP contribution in [0, 0.1) is 17.5 Å². The predicted octanol–water partition coefficient (Wildman–Crippen LogP) is 2.99. The Bertz CT molecular complexity index is 995. The Kier molecular flexibility index (Phi) is 4.68. The number of hydrogen-bond acceptors (Lipinski definition) is 4. The van der Waals surface area contributed by atoms with E-state index in [0.717, 1.165) is 23.3 Å². The van der Waals surface area contributed by atoms with E-state index in [4.69, 9.17) is 0 Å². The Morgan fingerprint density at radius 2 is 1.79 bits per heavy atom. The van der Waals surface area contributed by atoms with Gasteiger partial charge in [-0.25, -0.2) is 22.8 Å². The van der Waals surface area contributed by atoms with Crippen LogP contribution in [0.1, 0.15) is 23.6 Å². The summed E-state index contributed by atoms with van der Waals surface area (Å²) in [5.74, 6) is -1.88. The van der Waals surface area contributed by atoms with E-state index in [2.05, 4.69) is 10.1 Å². The average molecular weight is 388 g/mol. The Hall–Kier alpha value is -2.71. The number of hydrogen-bond donors (Lipinski definition) is 1. The van der Waals surface area contributed by atoms with Crippen LogP contribution in [0.4, 0.5) is 13.2 Å². The Morgan fingerprint density at radius 3 is 2.50 bits per heavy atom. The van der Waals surface area contributed by atoms with Gasteiger partial charge >= 0.3 is 0 Å². The Morgan fingerprint density at radius 1 is 1.07 bits per heavy atom. The number of fused-ring (bicyclic) bond motifs is 1. The first-order valence-electron chi connectivity index (χ1n) is 8.88. The summed E-state index contributed by atoms with van der Waals surface area (Å²) < 4.78 is 43.0. The quantitative estimate of drug-likeness (QED) is 0.730. The maximum absolute atomic E-state index is 14.6. The normalized spacial score (nSPS) is 17.3. The molecule has 1 aliphatic rings. The van der Waals surface area contributed by atoms with E-state index in [9.17, 15) is 18.3 Å². The summed E-state index contributed by atoms with van der Waals surface area (Å²) in [5.41, 5.74) is 0.0380. The molecule has 0 fully saturated rings. The highest BCUT2D eigenvalue weighted by atomic mass is 19.1. The molecule has 3 aromatic rings.